The van der Waals surface area contributed by atoms with Crippen molar-refractivity contribution < 1.29 is 22.0 Å². The third-order valence-corrected chi connectivity index (χ3v) is 4.55. The Labute approximate surface area is 151 Å². The van der Waals surface area contributed by atoms with E-state index in [9.17, 15) is 17.6 Å². The second kappa shape index (κ2) is 7.55. The highest BCUT2D eigenvalue weighted by molar-refractivity contribution is 7.89. The average molecular weight is 389 g/mol. The Kier molecular flexibility index (Phi) is 5.87. The molecule has 0 saturated carbocycles. The highest BCUT2D eigenvalue weighted by Crippen LogP contribution is 2.25. The number of fused-ring (bicyclic) bond motifs is 1. The van der Waals surface area contributed by atoms with Crippen LogP contribution in [0.2, 0.25) is 0 Å². The molecule has 1 aliphatic rings. The molecular formula is C16H18ClFN2O4S. The number of anilines is 1. The van der Waals surface area contributed by atoms with Gasteiger partial charge in [-0.1, -0.05) is 6.07 Å². The van der Waals surface area contributed by atoms with Crippen LogP contribution in [0.1, 0.15) is 27.4 Å². The molecule has 1 aliphatic heterocycles. The van der Waals surface area contributed by atoms with Crippen molar-refractivity contribution in [3.8, 4) is 0 Å². The van der Waals surface area contributed by atoms with E-state index >= 15 is 0 Å². The molecule has 0 bridgehead atoms. The van der Waals surface area contributed by atoms with E-state index in [1.807, 2.05) is 0 Å². The SMILES string of the molecule is CS(=O)(=O)Cc1ccc(C(=O)Nc2ccc3c(c2F)CCNC3)o1.Cl. The molecule has 6 nitrogen and oxygen atoms in total. The van der Waals surface area contributed by atoms with E-state index in [-0.39, 0.29) is 35.4 Å². The Bertz CT molecular complexity index is 896. The monoisotopic (exact) mass is 388 g/mol. The molecule has 0 spiro atoms. The summed E-state index contributed by atoms with van der Waals surface area (Å²) in [7, 11) is -3.26. The summed E-state index contributed by atoms with van der Waals surface area (Å²) in [4.78, 5) is 12.2. The van der Waals surface area contributed by atoms with Crippen molar-refractivity contribution in [2.24, 2.45) is 0 Å². The third-order valence-electron chi connectivity index (χ3n) is 3.75. The first-order valence-corrected chi connectivity index (χ1v) is 9.48. The van der Waals surface area contributed by atoms with Crippen molar-refractivity contribution in [2.45, 2.75) is 18.7 Å². The number of amides is 1. The molecule has 25 heavy (non-hydrogen) atoms. The van der Waals surface area contributed by atoms with E-state index < -0.39 is 21.6 Å². The fraction of sp³-hybridized carbons (Fsp3) is 0.312. The van der Waals surface area contributed by atoms with Crippen LogP contribution in [0.15, 0.2) is 28.7 Å². The molecule has 0 radical (unpaired) electrons. The minimum absolute atomic E-state index is 0. The lowest BCUT2D eigenvalue weighted by atomic mass is 9.99. The van der Waals surface area contributed by atoms with Crippen LogP contribution >= 0.6 is 12.4 Å². The van der Waals surface area contributed by atoms with Gasteiger partial charge >= 0.3 is 0 Å². The quantitative estimate of drug-likeness (QED) is 0.838. The highest BCUT2D eigenvalue weighted by Gasteiger charge is 2.19. The predicted octanol–water partition coefficient (Wildman–Crippen LogP) is 2.28. The fourth-order valence-corrected chi connectivity index (χ4v) is 3.32. The molecule has 0 fully saturated rings. The maximum absolute atomic E-state index is 14.5. The fourth-order valence-electron chi connectivity index (χ4n) is 2.65. The molecule has 0 unspecified atom stereocenters. The van der Waals surface area contributed by atoms with Crippen LogP contribution in [-0.2, 0) is 28.6 Å². The van der Waals surface area contributed by atoms with E-state index in [4.69, 9.17) is 4.42 Å². The average Bonchev–Trinajstić information content (AvgIpc) is 2.97. The van der Waals surface area contributed by atoms with Crippen molar-refractivity contribution in [3.05, 3.63) is 52.7 Å². The Morgan fingerprint density at radius 3 is 2.80 bits per heavy atom. The number of nitrogens with one attached hydrogen (secondary N) is 2. The van der Waals surface area contributed by atoms with Gasteiger partial charge in [-0.05, 0) is 42.3 Å². The maximum Gasteiger partial charge on any atom is 0.291 e. The number of hydrogen-bond acceptors (Lipinski definition) is 5. The molecule has 2 aromatic rings. The van der Waals surface area contributed by atoms with Crippen molar-refractivity contribution in [1.29, 1.82) is 0 Å². The van der Waals surface area contributed by atoms with E-state index in [2.05, 4.69) is 10.6 Å². The molecule has 3 rings (SSSR count). The zero-order valence-electron chi connectivity index (χ0n) is 13.5. The van der Waals surface area contributed by atoms with Gasteiger partial charge in [-0.15, -0.1) is 12.4 Å². The Balaban J connectivity index is 0.00000225. The second-order valence-corrected chi connectivity index (χ2v) is 7.92. The number of furan rings is 1. The van der Waals surface area contributed by atoms with Gasteiger partial charge in [-0.3, -0.25) is 4.79 Å². The summed E-state index contributed by atoms with van der Waals surface area (Å²) in [5, 5.41) is 5.63. The molecule has 1 amide bonds. The molecule has 0 aliphatic carbocycles. The van der Waals surface area contributed by atoms with Crippen LogP contribution in [0.5, 0.6) is 0 Å². The van der Waals surface area contributed by atoms with Gasteiger partial charge in [0.15, 0.2) is 15.6 Å². The summed E-state index contributed by atoms with van der Waals surface area (Å²) in [5.74, 6) is -1.25. The molecule has 136 valence electrons. The van der Waals surface area contributed by atoms with Crippen LogP contribution in [0.4, 0.5) is 10.1 Å². The largest absolute Gasteiger partial charge is 0.455 e. The lowest BCUT2D eigenvalue weighted by Crippen LogP contribution is -2.25. The second-order valence-electron chi connectivity index (χ2n) is 5.78. The van der Waals surface area contributed by atoms with Crippen molar-refractivity contribution >= 4 is 33.8 Å². The van der Waals surface area contributed by atoms with E-state index in [0.29, 0.717) is 25.1 Å². The van der Waals surface area contributed by atoms with Gasteiger partial charge in [0, 0.05) is 12.8 Å². The van der Waals surface area contributed by atoms with Crippen LogP contribution < -0.4 is 10.6 Å². The third kappa shape index (κ3) is 4.59. The minimum Gasteiger partial charge on any atom is -0.455 e. The summed E-state index contributed by atoms with van der Waals surface area (Å²) in [6.07, 6.45) is 1.64. The van der Waals surface area contributed by atoms with Crippen molar-refractivity contribution in [1.82, 2.24) is 5.32 Å². The topological polar surface area (TPSA) is 88.4 Å². The van der Waals surface area contributed by atoms with Crippen LogP contribution in [0.25, 0.3) is 0 Å². The van der Waals surface area contributed by atoms with Gasteiger partial charge in [-0.2, -0.15) is 0 Å². The van der Waals surface area contributed by atoms with Crippen LogP contribution in [0, 0.1) is 5.82 Å². The summed E-state index contributed by atoms with van der Waals surface area (Å²) in [5.41, 5.74) is 1.57. The minimum atomic E-state index is -3.26. The number of sulfone groups is 1. The summed E-state index contributed by atoms with van der Waals surface area (Å²) in [6, 6.07) is 6.08. The molecule has 2 heterocycles. The number of benzene rings is 1. The zero-order chi connectivity index (χ0) is 17.3. The van der Waals surface area contributed by atoms with Gasteiger partial charge in [0.2, 0.25) is 0 Å². The summed E-state index contributed by atoms with van der Waals surface area (Å²) in [6.45, 7) is 1.29. The first kappa shape index (κ1) is 19.4. The normalized spacial score (nSPS) is 13.7. The lowest BCUT2D eigenvalue weighted by Gasteiger charge is -2.19. The number of halogens is 2. The number of carbonyl (C=O) groups is 1. The molecule has 2 N–H and O–H groups in total. The van der Waals surface area contributed by atoms with Crippen molar-refractivity contribution in [3.63, 3.8) is 0 Å². The Morgan fingerprint density at radius 2 is 2.08 bits per heavy atom. The smallest absolute Gasteiger partial charge is 0.291 e. The van der Waals surface area contributed by atoms with Gasteiger partial charge in [0.1, 0.15) is 17.3 Å². The summed E-state index contributed by atoms with van der Waals surface area (Å²) >= 11 is 0. The van der Waals surface area contributed by atoms with Gasteiger partial charge in [0.25, 0.3) is 5.91 Å². The van der Waals surface area contributed by atoms with Gasteiger partial charge in [0.05, 0.1) is 5.69 Å². The van der Waals surface area contributed by atoms with Gasteiger partial charge in [-0.25, -0.2) is 12.8 Å². The van der Waals surface area contributed by atoms with Crippen molar-refractivity contribution in [2.75, 3.05) is 18.1 Å². The molecule has 9 heteroatoms. The highest BCUT2D eigenvalue weighted by atomic mass is 35.5. The molecular weight excluding hydrogens is 371 g/mol. The first-order valence-electron chi connectivity index (χ1n) is 7.42. The predicted molar refractivity (Wildman–Crippen MR) is 94.3 cm³/mol. The van der Waals surface area contributed by atoms with E-state index in [1.54, 1.807) is 6.07 Å². The lowest BCUT2D eigenvalue weighted by molar-refractivity contribution is 0.0994. The molecule has 0 atom stereocenters. The zero-order valence-corrected chi connectivity index (χ0v) is 15.1. The van der Waals surface area contributed by atoms with Gasteiger partial charge < -0.3 is 15.1 Å². The standard InChI is InChI=1S/C16H17FN2O4S.ClH/c1-24(21,22)9-11-3-5-14(23-11)16(20)19-13-4-2-10-8-18-7-6-12(10)15(13)17;/h2-5,18H,6-9H2,1H3,(H,19,20);1H. The number of hydrogen-bond donors (Lipinski definition) is 2. The van der Waals surface area contributed by atoms with E-state index in [1.165, 1.54) is 18.2 Å². The first-order chi connectivity index (χ1) is 11.3. The molecule has 1 aromatic heterocycles. The van der Waals surface area contributed by atoms with Crippen LogP contribution in [0.3, 0.4) is 0 Å². The Hall–Kier alpha value is -1.90. The molecule has 0 saturated heterocycles. The summed E-state index contributed by atoms with van der Waals surface area (Å²) < 4.78 is 42.2. The Morgan fingerprint density at radius 1 is 1.32 bits per heavy atom. The maximum atomic E-state index is 14.5. The van der Waals surface area contributed by atoms with Crippen LogP contribution in [-0.4, -0.2) is 27.1 Å². The molecule has 1 aromatic carbocycles. The number of rotatable bonds is 4. The number of carbonyl (C=O) groups excluding carboxylic acids is 1. The van der Waals surface area contributed by atoms with E-state index in [0.717, 1.165) is 11.8 Å².